The maximum atomic E-state index is 13.0. The molecule has 0 unspecified atom stereocenters. The van der Waals surface area contributed by atoms with Crippen LogP contribution < -0.4 is 5.32 Å². The number of halogens is 2. The SMILES string of the molecule is O=Cc1ccc(NC(=O)C2CCC(F)(F)CC2)cc1. The van der Waals surface area contributed by atoms with E-state index in [9.17, 15) is 18.4 Å². The van der Waals surface area contributed by atoms with Crippen molar-refractivity contribution in [1.29, 1.82) is 0 Å². The van der Waals surface area contributed by atoms with Crippen molar-refractivity contribution in [3.63, 3.8) is 0 Å². The van der Waals surface area contributed by atoms with Crippen molar-refractivity contribution in [3.05, 3.63) is 29.8 Å². The van der Waals surface area contributed by atoms with Crippen LogP contribution in [0.2, 0.25) is 0 Å². The van der Waals surface area contributed by atoms with Gasteiger partial charge in [0.25, 0.3) is 0 Å². The van der Waals surface area contributed by atoms with Crippen molar-refractivity contribution < 1.29 is 18.4 Å². The van der Waals surface area contributed by atoms with Crippen molar-refractivity contribution in [2.45, 2.75) is 31.6 Å². The molecule has 0 heterocycles. The maximum absolute atomic E-state index is 13.0. The predicted octanol–water partition coefficient (Wildman–Crippen LogP) is 3.26. The molecule has 0 spiro atoms. The van der Waals surface area contributed by atoms with Crippen LogP contribution in [-0.2, 0) is 4.79 Å². The van der Waals surface area contributed by atoms with Gasteiger partial charge < -0.3 is 5.32 Å². The second kappa shape index (κ2) is 5.47. The quantitative estimate of drug-likeness (QED) is 0.854. The normalized spacial score (nSPS) is 18.8. The van der Waals surface area contributed by atoms with Crippen LogP contribution in [0.1, 0.15) is 36.0 Å². The van der Waals surface area contributed by atoms with E-state index in [2.05, 4.69) is 5.32 Å². The van der Waals surface area contributed by atoms with E-state index in [4.69, 9.17) is 0 Å². The molecule has 1 aromatic carbocycles. The van der Waals surface area contributed by atoms with Gasteiger partial charge in [-0.1, -0.05) is 0 Å². The molecule has 1 aliphatic carbocycles. The molecular weight excluding hydrogens is 252 g/mol. The van der Waals surface area contributed by atoms with Crippen LogP contribution in [0.4, 0.5) is 14.5 Å². The van der Waals surface area contributed by atoms with E-state index in [0.717, 1.165) is 6.29 Å². The number of carbonyl (C=O) groups excluding carboxylic acids is 2. The van der Waals surface area contributed by atoms with Gasteiger partial charge in [0.05, 0.1) is 0 Å². The highest BCUT2D eigenvalue weighted by atomic mass is 19.3. The summed E-state index contributed by atoms with van der Waals surface area (Å²) >= 11 is 0. The Morgan fingerprint density at radius 2 is 1.79 bits per heavy atom. The smallest absolute Gasteiger partial charge is 0.248 e. The molecule has 0 aromatic heterocycles. The highest BCUT2D eigenvalue weighted by molar-refractivity contribution is 5.92. The van der Waals surface area contributed by atoms with Crippen LogP contribution in [0.5, 0.6) is 0 Å². The van der Waals surface area contributed by atoms with Gasteiger partial charge in [-0.3, -0.25) is 9.59 Å². The molecule has 0 saturated heterocycles. The number of nitrogens with one attached hydrogen (secondary N) is 1. The Kier molecular flexibility index (Phi) is 3.93. The summed E-state index contributed by atoms with van der Waals surface area (Å²) in [7, 11) is 0. The summed E-state index contributed by atoms with van der Waals surface area (Å²) < 4.78 is 26.0. The minimum Gasteiger partial charge on any atom is -0.326 e. The number of hydrogen-bond acceptors (Lipinski definition) is 2. The van der Waals surface area contributed by atoms with Crippen molar-refractivity contribution in [2.24, 2.45) is 5.92 Å². The fourth-order valence-electron chi connectivity index (χ4n) is 2.19. The van der Waals surface area contributed by atoms with Crippen LogP contribution in [0, 0.1) is 5.92 Å². The van der Waals surface area contributed by atoms with Gasteiger partial charge in [-0.25, -0.2) is 8.78 Å². The highest BCUT2D eigenvalue weighted by Crippen LogP contribution is 2.36. The summed E-state index contributed by atoms with van der Waals surface area (Å²) in [6.07, 6.45) is 0.690. The molecule has 0 radical (unpaired) electrons. The van der Waals surface area contributed by atoms with E-state index >= 15 is 0 Å². The number of rotatable bonds is 3. The molecule has 0 aliphatic heterocycles. The van der Waals surface area contributed by atoms with Gasteiger partial charge >= 0.3 is 0 Å². The van der Waals surface area contributed by atoms with Crippen LogP contribution in [-0.4, -0.2) is 18.1 Å². The van der Waals surface area contributed by atoms with E-state index in [0.29, 0.717) is 11.3 Å². The largest absolute Gasteiger partial charge is 0.326 e. The van der Waals surface area contributed by atoms with Crippen LogP contribution in [0.25, 0.3) is 0 Å². The first-order valence-corrected chi connectivity index (χ1v) is 6.24. The molecule has 1 aromatic rings. The van der Waals surface area contributed by atoms with Gasteiger partial charge in [-0.15, -0.1) is 0 Å². The summed E-state index contributed by atoms with van der Waals surface area (Å²) in [5, 5.41) is 2.69. The third-order valence-electron chi connectivity index (χ3n) is 3.40. The topological polar surface area (TPSA) is 46.2 Å². The molecular formula is C14H15F2NO2. The third kappa shape index (κ3) is 3.59. The number of benzene rings is 1. The van der Waals surface area contributed by atoms with Gasteiger partial charge in [0.1, 0.15) is 6.29 Å². The molecule has 102 valence electrons. The molecule has 1 N–H and O–H groups in total. The molecule has 0 atom stereocenters. The average molecular weight is 267 g/mol. The zero-order chi connectivity index (χ0) is 13.9. The standard InChI is InChI=1S/C14H15F2NO2/c15-14(16)7-5-11(6-8-14)13(19)17-12-3-1-10(9-18)2-4-12/h1-4,9,11H,5-8H2,(H,17,19). The Hall–Kier alpha value is -1.78. The second-order valence-electron chi connectivity index (χ2n) is 4.86. The summed E-state index contributed by atoms with van der Waals surface area (Å²) in [5.74, 6) is -3.21. The van der Waals surface area contributed by atoms with Crippen molar-refractivity contribution >= 4 is 17.9 Å². The molecule has 1 amide bonds. The molecule has 19 heavy (non-hydrogen) atoms. The highest BCUT2D eigenvalue weighted by Gasteiger charge is 2.37. The Morgan fingerprint density at radius 3 is 2.32 bits per heavy atom. The number of aldehydes is 1. The molecule has 1 fully saturated rings. The first kappa shape index (κ1) is 13.6. The first-order valence-electron chi connectivity index (χ1n) is 6.24. The van der Waals surface area contributed by atoms with E-state index < -0.39 is 5.92 Å². The lowest BCUT2D eigenvalue weighted by Gasteiger charge is -2.27. The monoisotopic (exact) mass is 267 g/mol. The number of anilines is 1. The number of carbonyl (C=O) groups is 2. The van der Waals surface area contributed by atoms with E-state index in [1.54, 1.807) is 24.3 Å². The van der Waals surface area contributed by atoms with E-state index in [1.807, 2.05) is 0 Å². The van der Waals surface area contributed by atoms with Crippen molar-refractivity contribution in [3.8, 4) is 0 Å². The lowest BCUT2D eigenvalue weighted by molar-refractivity contribution is -0.124. The number of hydrogen-bond donors (Lipinski definition) is 1. The van der Waals surface area contributed by atoms with Crippen molar-refractivity contribution in [1.82, 2.24) is 0 Å². The minimum absolute atomic E-state index is 0.214. The maximum Gasteiger partial charge on any atom is 0.248 e. The lowest BCUT2D eigenvalue weighted by Crippen LogP contribution is -2.31. The van der Waals surface area contributed by atoms with Crippen molar-refractivity contribution in [2.75, 3.05) is 5.32 Å². The molecule has 3 nitrogen and oxygen atoms in total. The predicted molar refractivity (Wildman–Crippen MR) is 67.4 cm³/mol. The zero-order valence-corrected chi connectivity index (χ0v) is 10.4. The zero-order valence-electron chi connectivity index (χ0n) is 10.4. The average Bonchev–Trinajstić information content (AvgIpc) is 2.39. The van der Waals surface area contributed by atoms with Crippen LogP contribution >= 0.6 is 0 Å². The summed E-state index contributed by atoms with van der Waals surface area (Å²) in [4.78, 5) is 22.4. The summed E-state index contributed by atoms with van der Waals surface area (Å²) in [5.41, 5.74) is 1.10. The molecule has 1 saturated carbocycles. The van der Waals surface area contributed by atoms with Gasteiger partial charge in [-0.05, 0) is 37.1 Å². The molecule has 1 aliphatic rings. The van der Waals surface area contributed by atoms with E-state index in [-0.39, 0.29) is 37.5 Å². The third-order valence-corrected chi connectivity index (χ3v) is 3.40. The Balaban J connectivity index is 1.92. The van der Waals surface area contributed by atoms with Gasteiger partial charge in [-0.2, -0.15) is 0 Å². The second-order valence-corrected chi connectivity index (χ2v) is 4.86. The number of amides is 1. The van der Waals surface area contributed by atoms with Crippen LogP contribution in [0.15, 0.2) is 24.3 Å². The van der Waals surface area contributed by atoms with E-state index in [1.165, 1.54) is 0 Å². The molecule has 5 heteroatoms. The Bertz CT molecular complexity index is 461. The first-order chi connectivity index (χ1) is 9.00. The Morgan fingerprint density at radius 1 is 1.21 bits per heavy atom. The van der Waals surface area contributed by atoms with Gasteiger partial charge in [0, 0.05) is 30.0 Å². The fourth-order valence-corrected chi connectivity index (χ4v) is 2.19. The van der Waals surface area contributed by atoms with Gasteiger partial charge in [0.15, 0.2) is 0 Å². The number of alkyl halides is 2. The van der Waals surface area contributed by atoms with Crippen LogP contribution in [0.3, 0.4) is 0 Å². The lowest BCUT2D eigenvalue weighted by atomic mass is 9.86. The Labute approximate surface area is 110 Å². The molecule has 0 bridgehead atoms. The summed E-state index contributed by atoms with van der Waals surface area (Å²) in [6, 6.07) is 6.44. The van der Waals surface area contributed by atoms with Gasteiger partial charge in [0.2, 0.25) is 11.8 Å². The fraction of sp³-hybridized carbons (Fsp3) is 0.429. The molecule has 2 rings (SSSR count). The summed E-state index contributed by atoms with van der Waals surface area (Å²) in [6.45, 7) is 0. The minimum atomic E-state index is -2.62.